The molecule has 21 heavy (non-hydrogen) atoms. The summed E-state index contributed by atoms with van der Waals surface area (Å²) in [5.74, 6) is 3.24. The summed E-state index contributed by atoms with van der Waals surface area (Å²) in [4.78, 5) is 6.84. The van der Waals surface area contributed by atoms with Crippen LogP contribution in [0.5, 0.6) is 5.75 Å². The van der Waals surface area contributed by atoms with Gasteiger partial charge in [-0.25, -0.2) is 4.98 Å². The number of likely N-dealkylation sites (tertiary alicyclic amines) is 1. The fourth-order valence-corrected chi connectivity index (χ4v) is 2.89. The van der Waals surface area contributed by atoms with Crippen LogP contribution in [0.15, 0.2) is 34.9 Å². The molecule has 4 heteroatoms. The Balaban J connectivity index is 1.67. The SMILES string of the molecule is COc1ccc(-c2cnc(CN3CCC[C@H](C)C3)o2)cc1. The number of hydrogen-bond acceptors (Lipinski definition) is 4. The van der Waals surface area contributed by atoms with Crippen molar-refractivity contribution >= 4 is 0 Å². The third-order valence-corrected chi connectivity index (χ3v) is 4.03. The van der Waals surface area contributed by atoms with Gasteiger partial charge in [-0.2, -0.15) is 0 Å². The van der Waals surface area contributed by atoms with Crippen LogP contribution >= 0.6 is 0 Å². The van der Waals surface area contributed by atoms with Gasteiger partial charge in [0.15, 0.2) is 5.76 Å². The van der Waals surface area contributed by atoms with Gasteiger partial charge in [0.1, 0.15) is 5.75 Å². The minimum absolute atomic E-state index is 0.773. The van der Waals surface area contributed by atoms with Crippen molar-refractivity contribution in [2.45, 2.75) is 26.3 Å². The normalized spacial score (nSPS) is 19.6. The fraction of sp³-hybridized carbons (Fsp3) is 0.471. The molecule has 3 rings (SSSR count). The van der Waals surface area contributed by atoms with E-state index in [1.54, 1.807) is 7.11 Å². The molecule has 2 aromatic rings. The molecule has 0 bridgehead atoms. The maximum absolute atomic E-state index is 5.89. The second-order valence-electron chi connectivity index (χ2n) is 5.83. The van der Waals surface area contributed by atoms with Gasteiger partial charge in [-0.3, -0.25) is 4.90 Å². The zero-order chi connectivity index (χ0) is 14.7. The van der Waals surface area contributed by atoms with Crippen molar-refractivity contribution in [3.63, 3.8) is 0 Å². The van der Waals surface area contributed by atoms with E-state index in [2.05, 4.69) is 16.8 Å². The summed E-state index contributed by atoms with van der Waals surface area (Å²) in [6, 6.07) is 7.85. The van der Waals surface area contributed by atoms with Gasteiger partial charge < -0.3 is 9.15 Å². The second kappa shape index (κ2) is 6.31. The molecule has 112 valence electrons. The number of rotatable bonds is 4. The highest BCUT2D eigenvalue weighted by Gasteiger charge is 2.18. The van der Waals surface area contributed by atoms with Crippen molar-refractivity contribution in [1.29, 1.82) is 0 Å². The Kier molecular flexibility index (Phi) is 4.25. The van der Waals surface area contributed by atoms with Crippen LogP contribution in [0.1, 0.15) is 25.7 Å². The molecule has 0 saturated carbocycles. The molecule has 1 atom stereocenters. The Morgan fingerprint density at radius 1 is 1.33 bits per heavy atom. The first-order chi connectivity index (χ1) is 10.2. The van der Waals surface area contributed by atoms with Crippen LogP contribution < -0.4 is 4.74 Å². The highest BCUT2D eigenvalue weighted by Crippen LogP contribution is 2.24. The topological polar surface area (TPSA) is 38.5 Å². The van der Waals surface area contributed by atoms with E-state index < -0.39 is 0 Å². The summed E-state index contributed by atoms with van der Waals surface area (Å²) in [5, 5.41) is 0. The molecule has 0 spiro atoms. The molecule has 0 radical (unpaired) electrons. The largest absolute Gasteiger partial charge is 0.497 e. The highest BCUT2D eigenvalue weighted by molar-refractivity contribution is 5.57. The molecule has 0 unspecified atom stereocenters. The average Bonchev–Trinajstić information content (AvgIpc) is 2.96. The lowest BCUT2D eigenvalue weighted by Gasteiger charge is -2.29. The third kappa shape index (κ3) is 3.45. The summed E-state index contributed by atoms with van der Waals surface area (Å²) in [5.41, 5.74) is 1.03. The van der Waals surface area contributed by atoms with E-state index in [0.717, 1.165) is 48.5 Å². The average molecular weight is 286 g/mol. The van der Waals surface area contributed by atoms with Crippen LogP contribution in [0.25, 0.3) is 11.3 Å². The summed E-state index contributed by atoms with van der Waals surface area (Å²) in [6.07, 6.45) is 4.41. The highest BCUT2D eigenvalue weighted by atomic mass is 16.5. The quantitative estimate of drug-likeness (QED) is 0.861. The van der Waals surface area contributed by atoms with Gasteiger partial charge in [-0.15, -0.1) is 0 Å². The van der Waals surface area contributed by atoms with E-state index in [1.807, 2.05) is 30.5 Å². The van der Waals surface area contributed by atoms with Crippen molar-refractivity contribution in [2.24, 2.45) is 5.92 Å². The maximum Gasteiger partial charge on any atom is 0.209 e. The van der Waals surface area contributed by atoms with Crippen LogP contribution in [-0.4, -0.2) is 30.1 Å². The van der Waals surface area contributed by atoms with Crippen LogP contribution in [-0.2, 0) is 6.54 Å². The lowest BCUT2D eigenvalue weighted by Crippen LogP contribution is -2.33. The Bertz CT molecular complexity index is 577. The van der Waals surface area contributed by atoms with Gasteiger partial charge in [0.25, 0.3) is 0 Å². The number of benzene rings is 1. The summed E-state index contributed by atoms with van der Waals surface area (Å²) >= 11 is 0. The zero-order valence-corrected chi connectivity index (χ0v) is 12.7. The van der Waals surface area contributed by atoms with Gasteiger partial charge in [0.05, 0.1) is 19.9 Å². The maximum atomic E-state index is 5.89. The molecule has 1 aromatic heterocycles. The fourth-order valence-electron chi connectivity index (χ4n) is 2.89. The van der Waals surface area contributed by atoms with Crippen LogP contribution in [0.3, 0.4) is 0 Å². The zero-order valence-electron chi connectivity index (χ0n) is 12.7. The predicted octanol–water partition coefficient (Wildman–Crippen LogP) is 3.58. The molecule has 1 saturated heterocycles. The number of hydrogen-bond donors (Lipinski definition) is 0. The number of aromatic nitrogens is 1. The standard InChI is InChI=1S/C17H22N2O2/c1-13-4-3-9-19(11-13)12-17-18-10-16(21-17)14-5-7-15(20-2)8-6-14/h5-8,10,13H,3-4,9,11-12H2,1-2H3/t13-/m0/s1. The van der Waals surface area contributed by atoms with Crippen molar-refractivity contribution in [1.82, 2.24) is 9.88 Å². The van der Waals surface area contributed by atoms with Crippen molar-refractivity contribution < 1.29 is 9.15 Å². The van der Waals surface area contributed by atoms with Gasteiger partial charge >= 0.3 is 0 Å². The summed E-state index contributed by atoms with van der Waals surface area (Å²) < 4.78 is 11.1. The number of ether oxygens (including phenoxy) is 1. The van der Waals surface area contributed by atoms with Crippen LogP contribution in [0.4, 0.5) is 0 Å². The van der Waals surface area contributed by atoms with E-state index in [-0.39, 0.29) is 0 Å². The lowest BCUT2D eigenvalue weighted by atomic mass is 10.0. The van der Waals surface area contributed by atoms with Gasteiger partial charge in [-0.1, -0.05) is 6.92 Å². The third-order valence-electron chi connectivity index (χ3n) is 4.03. The Hall–Kier alpha value is -1.81. The number of methoxy groups -OCH3 is 1. The van der Waals surface area contributed by atoms with Gasteiger partial charge in [0.2, 0.25) is 5.89 Å². The van der Waals surface area contributed by atoms with E-state index in [0.29, 0.717) is 0 Å². The minimum Gasteiger partial charge on any atom is -0.497 e. The molecule has 4 nitrogen and oxygen atoms in total. The van der Waals surface area contributed by atoms with Crippen molar-refractivity contribution in [3.05, 3.63) is 36.4 Å². The number of oxazole rings is 1. The number of nitrogens with zero attached hydrogens (tertiary/aromatic N) is 2. The first-order valence-electron chi connectivity index (χ1n) is 7.56. The van der Waals surface area contributed by atoms with Gasteiger partial charge in [-0.05, 0) is 49.6 Å². The molecule has 2 heterocycles. The molecule has 1 aliphatic rings. The van der Waals surface area contributed by atoms with E-state index >= 15 is 0 Å². The molecule has 0 aliphatic carbocycles. The van der Waals surface area contributed by atoms with Crippen LogP contribution in [0, 0.1) is 5.92 Å². The Labute approximate surface area is 125 Å². The molecular formula is C17H22N2O2. The minimum atomic E-state index is 0.773. The van der Waals surface area contributed by atoms with E-state index in [1.165, 1.54) is 12.8 Å². The first kappa shape index (κ1) is 14.1. The summed E-state index contributed by atoms with van der Waals surface area (Å²) in [7, 11) is 1.67. The number of piperidine rings is 1. The second-order valence-corrected chi connectivity index (χ2v) is 5.83. The lowest BCUT2D eigenvalue weighted by molar-refractivity contribution is 0.163. The molecule has 1 fully saturated rings. The molecule has 1 aromatic carbocycles. The monoisotopic (exact) mass is 286 g/mol. The summed E-state index contributed by atoms with van der Waals surface area (Å²) in [6.45, 7) is 5.40. The van der Waals surface area contributed by atoms with E-state index in [9.17, 15) is 0 Å². The van der Waals surface area contributed by atoms with E-state index in [4.69, 9.17) is 9.15 Å². The van der Waals surface area contributed by atoms with Crippen molar-refractivity contribution in [3.8, 4) is 17.1 Å². The van der Waals surface area contributed by atoms with Crippen molar-refractivity contribution in [2.75, 3.05) is 20.2 Å². The van der Waals surface area contributed by atoms with Crippen LogP contribution in [0.2, 0.25) is 0 Å². The van der Waals surface area contributed by atoms with Gasteiger partial charge in [0, 0.05) is 12.1 Å². The molecular weight excluding hydrogens is 264 g/mol. The smallest absolute Gasteiger partial charge is 0.209 e. The molecule has 0 N–H and O–H groups in total. The Morgan fingerprint density at radius 2 is 2.14 bits per heavy atom. The molecule has 1 aliphatic heterocycles. The Morgan fingerprint density at radius 3 is 2.86 bits per heavy atom. The predicted molar refractivity (Wildman–Crippen MR) is 82.2 cm³/mol. The first-order valence-corrected chi connectivity index (χ1v) is 7.56. The molecule has 0 amide bonds.